The Bertz CT molecular complexity index is 1060. The van der Waals surface area contributed by atoms with Gasteiger partial charge < -0.3 is 4.74 Å². The highest BCUT2D eigenvalue weighted by Gasteiger charge is 2.42. The molecular weight excluding hydrogens is 392 g/mol. The molecule has 0 radical (unpaired) electrons. The van der Waals surface area contributed by atoms with Gasteiger partial charge in [0.25, 0.3) is 11.6 Å². The average Bonchev–Trinajstić information content (AvgIpc) is 3.00. The normalized spacial score (nSPS) is 16.2. The largest absolute Gasteiger partial charge is 0.448 e. The van der Waals surface area contributed by atoms with E-state index in [1.807, 2.05) is 0 Å². The smallest absolute Gasteiger partial charge is 0.333 e. The van der Waals surface area contributed by atoms with E-state index in [9.17, 15) is 24.5 Å². The van der Waals surface area contributed by atoms with Crippen LogP contribution in [0.15, 0.2) is 70.9 Å². The number of carbonyl (C=O) groups excluding carboxylic acids is 3. The van der Waals surface area contributed by atoms with Gasteiger partial charge in [0, 0.05) is 17.7 Å². The molecule has 10 nitrogen and oxygen atoms in total. The van der Waals surface area contributed by atoms with Gasteiger partial charge in [0.1, 0.15) is 0 Å². The predicted octanol–water partition coefficient (Wildman–Crippen LogP) is 3.76. The van der Waals surface area contributed by atoms with E-state index in [4.69, 9.17) is 4.74 Å². The first kappa shape index (κ1) is 20.5. The number of nitrogens with zero attached hydrogens (tertiary/aromatic N) is 4. The van der Waals surface area contributed by atoms with E-state index in [1.165, 1.54) is 43.3 Å². The third-order valence-electron chi connectivity index (χ3n) is 4.15. The van der Waals surface area contributed by atoms with Crippen molar-refractivity contribution in [2.24, 2.45) is 10.2 Å². The summed E-state index contributed by atoms with van der Waals surface area (Å²) in [5, 5.41) is 18.7. The molecular formula is C20H16N4O6. The van der Waals surface area contributed by atoms with Gasteiger partial charge in [0.15, 0.2) is 6.10 Å². The van der Waals surface area contributed by atoms with Crippen LogP contribution in [0.1, 0.15) is 13.3 Å². The van der Waals surface area contributed by atoms with Crippen LogP contribution in [0.2, 0.25) is 0 Å². The lowest BCUT2D eigenvalue weighted by molar-refractivity contribution is -0.384. The highest BCUT2D eigenvalue weighted by molar-refractivity contribution is 6.22. The molecule has 152 valence electrons. The van der Waals surface area contributed by atoms with E-state index in [0.29, 0.717) is 17.1 Å². The Labute approximate surface area is 170 Å². The van der Waals surface area contributed by atoms with Crippen molar-refractivity contribution in [1.29, 1.82) is 0 Å². The van der Waals surface area contributed by atoms with Crippen LogP contribution in [0.25, 0.3) is 0 Å². The fourth-order valence-corrected chi connectivity index (χ4v) is 2.62. The lowest BCUT2D eigenvalue weighted by Gasteiger charge is -2.15. The first-order chi connectivity index (χ1) is 14.3. The average molecular weight is 408 g/mol. The molecule has 1 fully saturated rings. The van der Waals surface area contributed by atoms with Crippen LogP contribution in [0.4, 0.5) is 22.7 Å². The fourth-order valence-electron chi connectivity index (χ4n) is 2.62. The van der Waals surface area contributed by atoms with Crippen molar-refractivity contribution in [3.63, 3.8) is 0 Å². The van der Waals surface area contributed by atoms with Gasteiger partial charge in [0.2, 0.25) is 5.91 Å². The van der Waals surface area contributed by atoms with E-state index >= 15 is 0 Å². The quantitative estimate of drug-likeness (QED) is 0.179. The standard InChI is InChI=1S/C20H16N4O6/c1-12(2)20(27)30-17-11-18(25)23(19(17)26)15-7-3-13(4-8-15)21-22-14-5-9-16(10-6-14)24(28)29/h3-10,17H,1,11H2,2H3/t17-/m0/s1. The van der Waals surface area contributed by atoms with Crippen LogP contribution in [-0.2, 0) is 19.1 Å². The van der Waals surface area contributed by atoms with Gasteiger partial charge in [-0.25, -0.2) is 9.69 Å². The molecule has 0 unspecified atom stereocenters. The zero-order valence-electron chi connectivity index (χ0n) is 15.8. The number of benzene rings is 2. The number of nitro groups is 1. The lowest BCUT2D eigenvalue weighted by atomic mass is 10.2. The summed E-state index contributed by atoms with van der Waals surface area (Å²) in [4.78, 5) is 47.4. The Morgan fingerprint density at radius 1 is 1.10 bits per heavy atom. The van der Waals surface area contributed by atoms with Gasteiger partial charge in [-0.3, -0.25) is 19.7 Å². The monoisotopic (exact) mass is 408 g/mol. The second-order valence-electron chi connectivity index (χ2n) is 6.44. The second-order valence-corrected chi connectivity index (χ2v) is 6.44. The molecule has 0 aliphatic carbocycles. The number of anilines is 1. The van der Waals surface area contributed by atoms with Gasteiger partial charge in [-0.15, -0.1) is 0 Å². The number of rotatable bonds is 6. The zero-order chi connectivity index (χ0) is 21.8. The van der Waals surface area contributed by atoms with Crippen molar-refractivity contribution in [2.75, 3.05) is 4.90 Å². The Kier molecular flexibility index (Phi) is 5.77. The molecule has 1 saturated heterocycles. The summed E-state index contributed by atoms with van der Waals surface area (Å²) in [6, 6.07) is 11.7. The number of non-ortho nitro benzene ring substituents is 1. The molecule has 1 atom stereocenters. The third-order valence-corrected chi connectivity index (χ3v) is 4.15. The molecule has 2 aromatic carbocycles. The molecule has 3 rings (SSSR count). The SMILES string of the molecule is C=C(C)C(=O)O[C@H]1CC(=O)N(c2ccc(N=Nc3ccc([N+](=O)[O-])cc3)cc2)C1=O. The van der Waals surface area contributed by atoms with Gasteiger partial charge in [-0.05, 0) is 43.3 Å². The topological polar surface area (TPSA) is 132 Å². The minimum absolute atomic E-state index is 0.0505. The summed E-state index contributed by atoms with van der Waals surface area (Å²) in [6.45, 7) is 4.90. The first-order valence-corrected chi connectivity index (χ1v) is 8.76. The van der Waals surface area contributed by atoms with Crippen molar-refractivity contribution in [1.82, 2.24) is 0 Å². The predicted molar refractivity (Wildman–Crippen MR) is 106 cm³/mol. The second kappa shape index (κ2) is 8.43. The molecule has 0 spiro atoms. The minimum atomic E-state index is -1.18. The van der Waals surface area contributed by atoms with Crippen LogP contribution in [0.3, 0.4) is 0 Å². The summed E-state index contributed by atoms with van der Waals surface area (Å²) in [7, 11) is 0. The summed E-state index contributed by atoms with van der Waals surface area (Å²) in [5.41, 5.74) is 1.27. The highest BCUT2D eigenvalue weighted by atomic mass is 16.6. The summed E-state index contributed by atoms with van der Waals surface area (Å²) < 4.78 is 5.02. The number of ether oxygens (including phenoxy) is 1. The molecule has 0 N–H and O–H groups in total. The van der Waals surface area contributed by atoms with Gasteiger partial charge >= 0.3 is 5.97 Å². The van der Waals surface area contributed by atoms with Crippen molar-refractivity contribution in [3.8, 4) is 0 Å². The molecule has 30 heavy (non-hydrogen) atoms. The lowest BCUT2D eigenvalue weighted by Crippen LogP contribution is -2.33. The maximum atomic E-state index is 12.5. The summed E-state index contributed by atoms with van der Waals surface area (Å²) in [5.74, 6) is -1.85. The van der Waals surface area contributed by atoms with Gasteiger partial charge in [-0.2, -0.15) is 10.2 Å². The molecule has 0 aromatic heterocycles. The molecule has 1 aliphatic heterocycles. The van der Waals surface area contributed by atoms with Crippen LogP contribution in [0, 0.1) is 10.1 Å². The highest BCUT2D eigenvalue weighted by Crippen LogP contribution is 2.28. The molecule has 0 saturated carbocycles. The van der Waals surface area contributed by atoms with Crippen LogP contribution in [0.5, 0.6) is 0 Å². The van der Waals surface area contributed by atoms with Crippen molar-refractivity contribution in [2.45, 2.75) is 19.4 Å². The van der Waals surface area contributed by atoms with E-state index in [1.54, 1.807) is 12.1 Å². The van der Waals surface area contributed by atoms with Crippen LogP contribution >= 0.6 is 0 Å². The van der Waals surface area contributed by atoms with Gasteiger partial charge in [0.05, 0.1) is 28.4 Å². The molecule has 1 aliphatic rings. The number of amides is 2. The minimum Gasteiger partial charge on any atom is -0.448 e. The summed E-state index contributed by atoms with van der Waals surface area (Å²) >= 11 is 0. The Morgan fingerprint density at radius 3 is 2.13 bits per heavy atom. The Morgan fingerprint density at radius 2 is 1.63 bits per heavy atom. The maximum absolute atomic E-state index is 12.5. The molecule has 10 heteroatoms. The van der Waals surface area contributed by atoms with Crippen molar-refractivity contribution >= 4 is 40.5 Å². The molecule has 0 bridgehead atoms. The molecule has 2 aromatic rings. The summed E-state index contributed by atoms with van der Waals surface area (Å²) in [6.07, 6.45) is -1.41. The number of esters is 1. The number of imide groups is 1. The Hall–Kier alpha value is -4.21. The first-order valence-electron chi connectivity index (χ1n) is 8.76. The van der Waals surface area contributed by atoms with Crippen molar-refractivity contribution in [3.05, 3.63) is 70.8 Å². The molecule has 2 amide bonds. The third kappa shape index (κ3) is 4.43. The van der Waals surface area contributed by atoms with E-state index in [2.05, 4.69) is 16.8 Å². The number of hydrogen-bond acceptors (Lipinski definition) is 8. The van der Waals surface area contributed by atoms with E-state index < -0.39 is 28.8 Å². The Balaban J connectivity index is 1.70. The fraction of sp³-hybridized carbons (Fsp3) is 0.150. The molecule has 1 heterocycles. The van der Waals surface area contributed by atoms with Crippen LogP contribution < -0.4 is 4.90 Å². The number of carbonyl (C=O) groups is 3. The number of azo groups is 1. The van der Waals surface area contributed by atoms with Crippen LogP contribution in [-0.4, -0.2) is 28.8 Å². The van der Waals surface area contributed by atoms with Gasteiger partial charge in [-0.1, -0.05) is 6.58 Å². The zero-order valence-corrected chi connectivity index (χ0v) is 15.8. The van der Waals surface area contributed by atoms with E-state index in [0.717, 1.165) is 4.90 Å². The van der Waals surface area contributed by atoms with Crippen molar-refractivity contribution < 1.29 is 24.0 Å². The number of nitro benzene ring substituents is 1. The number of hydrogen-bond donors (Lipinski definition) is 0. The maximum Gasteiger partial charge on any atom is 0.333 e. The van der Waals surface area contributed by atoms with E-state index in [-0.39, 0.29) is 17.7 Å².